The summed E-state index contributed by atoms with van der Waals surface area (Å²) < 4.78 is 0. The van der Waals surface area contributed by atoms with Gasteiger partial charge in [0.05, 0.1) is 6.07 Å². The zero-order chi connectivity index (χ0) is 10.5. The van der Waals surface area contributed by atoms with E-state index in [1.165, 1.54) is 0 Å². The van der Waals surface area contributed by atoms with Crippen LogP contribution in [-0.4, -0.2) is 16.3 Å². The van der Waals surface area contributed by atoms with Crippen LogP contribution in [-0.2, 0) is 4.79 Å². The molecule has 5 heteroatoms. The SMILES string of the molecule is CCC(C#N)(CC)NC(=O)C(Cl)Cl. The third kappa shape index (κ3) is 3.41. The molecule has 0 aromatic rings. The van der Waals surface area contributed by atoms with E-state index < -0.39 is 16.3 Å². The molecule has 0 fully saturated rings. The molecule has 0 aromatic heterocycles. The van der Waals surface area contributed by atoms with Crippen LogP contribution in [0.25, 0.3) is 0 Å². The smallest absolute Gasteiger partial charge is 0.254 e. The lowest BCUT2D eigenvalue weighted by Gasteiger charge is -2.24. The van der Waals surface area contributed by atoms with Gasteiger partial charge < -0.3 is 5.32 Å². The van der Waals surface area contributed by atoms with E-state index in [0.717, 1.165) is 0 Å². The number of nitrogens with one attached hydrogen (secondary N) is 1. The van der Waals surface area contributed by atoms with Crippen molar-refractivity contribution in [3.8, 4) is 6.07 Å². The second-order valence-corrected chi connectivity index (χ2v) is 3.79. The van der Waals surface area contributed by atoms with E-state index in [9.17, 15) is 4.79 Å². The van der Waals surface area contributed by atoms with Crippen molar-refractivity contribution in [2.75, 3.05) is 0 Å². The van der Waals surface area contributed by atoms with E-state index in [0.29, 0.717) is 12.8 Å². The lowest BCUT2D eigenvalue weighted by Crippen LogP contribution is -2.48. The number of nitrogens with zero attached hydrogens (tertiary/aromatic N) is 1. The van der Waals surface area contributed by atoms with Crippen LogP contribution in [0.1, 0.15) is 26.7 Å². The lowest BCUT2D eigenvalue weighted by atomic mass is 9.95. The fraction of sp³-hybridized carbons (Fsp3) is 0.750. The minimum absolute atomic E-state index is 0.520. The fourth-order valence-electron chi connectivity index (χ4n) is 0.903. The minimum atomic E-state index is -1.12. The van der Waals surface area contributed by atoms with E-state index in [-0.39, 0.29) is 0 Å². The highest BCUT2D eigenvalue weighted by atomic mass is 35.5. The molecule has 0 aliphatic carbocycles. The highest BCUT2D eigenvalue weighted by molar-refractivity contribution is 6.53. The van der Waals surface area contributed by atoms with Crippen molar-refractivity contribution in [2.45, 2.75) is 37.1 Å². The first kappa shape index (κ1) is 12.5. The normalized spacial score (nSPS) is 11.1. The molecule has 0 rings (SSSR count). The van der Waals surface area contributed by atoms with Gasteiger partial charge in [0.15, 0.2) is 4.84 Å². The zero-order valence-electron chi connectivity index (χ0n) is 7.60. The van der Waals surface area contributed by atoms with Crippen molar-refractivity contribution in [3.63, 3.8) is 0 Å². The lowest BCUT2D eigenvalue weighted by molar-refractivity contribution is -0.120. The molecule has 0 aliphatic heterocycles. The number of nitriles is 1. The molecular formula is C8H12Cl2N2O. The number of carbonyl (C=O) groups is 1. The maximum atomic E-state index is 11.1. The van der Waals surface area contributed by atoms with Crippen molar-refractivity contribution < 1.29 is 4.79 Å². The first-order chi connectivity index (χ1) is 6.01. The summed E-state index contributed by atoms with van der Waals surface area (Å²) in [4.78, 5) is 9.99. The molecule has 1 amide bonds. The molecule has 0 saturated heterocycles. The molecule has 0 radical (unpaired) electrons. The van der Waals surface area contributed by atoms with Crippen molar-refractivity contribution in [3.05, 3.63) is 0 Å². The molecule has 3 nitrogen and oxygen atoms in total. The molecular weight excluding hydrogens is 211 g/mol. The molecule has 0 bridgehead atoms. The Kier molecular flexibility index (Phi) is 5.12. The first-order valence-electron chi connectivity index (χ1n) is 4.02. The predicted molar refractivity (Wildman–Crippen MR) is 52.6 cm³/mol. The van der Waals surface area contributed by atoms with Crippen LogP contribution in [0.4, 0.5) is 0 Å². The van der Waals surface area contributed by atoms with Crippen molar-refractivity contribution >= 4 is 29.1 Å². The largest absolute Gasteiger partial charge is 0.335 e. The van der Waals surface area contributed by atoms with Crippen molar-refractivity contribution in [1.82, 2.24) is 5.32 Å². The van der Waals surface area contributed by atoms with E-state index in [1.54, 1.807) is 0 Å². The summed E-state index contributed by atoms with van der Waals surface area (Å²) in [6, 6.07) is 2.05. The van der Waals surface area contributed by atoms with E-state index >= 15 is 0 Å². The summed E-state index contributed by atoms with van der Waals surface area (Å²) >= 11 is 10.7. The van der Waals surface area contributed by atoms with Gasteiger partial charge in [0.25, 0.3) is 5.91 Å². The Bertz CT molecular complexity index is 219. The van der Waals surface area contributed by atoms with Crippen LogP contribution in [0.5, 0.6) is 0 Å². The summed E-state index contributed by atoms with van der Waals surface area (Å²) in [6.07, 6.45) is 1.07. The van der Waals surface area contributed by atoms with Crippen LogP contribution in [0.15, 0.2) is 0 Å². The Labute approximate surface area is 88.0 Å². The molecule has 1 N–H and O–H groups in total. The van der Waals surface area contributed by atoms with Gasteiger partial charge in [-0.2, -0.15) is 5.26 Å². The molecule has 0 heterocycles. The van der Waals surface area contributed by atoms with Crippen LogP contribution >= 0.6 is 23.2 Å². The second kappa shape index (κ2) is 5.31. The van der Waals surface area contributed by atoms with Gasteiger partial charge in [0.2, 0.25) is 0 Å². The number of amides is 1. The van der Waals surface area contributed by atoms with Gasteiger partial charge in [-0.3, -0.25) is 4.79 Å². The summed E-state index contributed by atoms with van der Waals surface area (Å²) in [7, 11) is 0. The van der Waals surface area contributed by atoms with Crippen molar-refractivity contribution in [1.29, 1.82) is 5.26 Å². The second-order valence-electron chi connectivity index (χ2n) is 2.69. The van der Waals surface area contributed by atoms with Crippen LogP contribution < -0.4 is 5.32 Å². The standard InChI is InChI=1S/C8H12Cl2N2O/c1-3-8(4-2,5-11)12-7(13)6(9)10/h6H,3-4H2,1-2H3,(H,12,13). The topological polar surface area (TPSA) is 52.9 Å². The number of hydrogen-bond acceptors (Lipinski definition) is 2. The van der Waals surface area contributed by atoms with Gasteiger partial charge in [-0.1, -0.05) is 37.0 Å². The Hall–Kier alpha value is -0.460. The summed E-state index contributed by atoms with van der Waals surface area (Å²) in [5, 5.41) is 11.4. The molecule has 0 atom stereocenters. The van der Waals surface area contributed by atoms with E-state index in [1.807, 2.05) is 13.8 Å². The molecule has 0 unspecified atom stereocenters. The molecule has 0 aliphatic rings. The van der Waals surface area contributed by atoms with E-state index in [2.05, 4.69) is 11.4 Å². The fourth-order valence-corrected chi connectivity index (χ4v) is 1.01. The van der Waals surface area contributed by atoms with Gasteiger partial charge in [-0.05, 0) is 12.8 Å². The van der Waals surface area contributed by atoms with Crippen LogP contribution in [0, 0.1) is 11.3 Å². The monoisotopic (exact) mass is 222 g/mol. The molecule has 13 heavy (non-hydrogen) atoms. The number of rotatable bonds is 4. The van der Waals surface area contributed by atoms with Gasteiger partial charge in [0.1, 0.15) is 5.54 Å². The van der Waals surface area contributed by atoms with Gasteiger partial charge in [-0.15, -0.1) is 0 Å². The molecule has 0 saturated carbocycles. The van der Waals surface area contributed by atoms with Crippen molar-refractivity contribution in [2.24, 2.45) is 0 Å². The summed E-state index contributed by atoms with van der Waals surface area (Å²) in [5.41, 5.74) is -0.834. The molecule has 0 aromatic carbocycles. The van der Waals surface area contributed by atoms with E-state index in [4.69, 9.17) is 28.5 Å². The molecule has 0 spiro atoms. The highest BCUT2D eigenvalue weighted by Gasteiger charge is 2.29. The maximum absolute atomic E-state index is 11.1. The Morgan fingerprint density at radius 2 is 2.00 bits per heavy atom. The number of carbonyl (C=O) groups excluding carboxylic acids is 1. The first-order valence-corrected chi connectivity index (χ1v) is 4.90. The van der Waals surface area contributed by atoms with Gasteiger partial charge >= 0.3 is 0 Å². The third-order valence-corrected chi connectivity index (χ3v) is 2.38. The third-order valence-electron chi connectivity index (χ3n) is 1.98. The van der Waals surface area contributed by atoms with Gasteiger partial charge in [-0.25, -0.2) is 0 Å². The summed E-state index contributed by atoms with van der Waals surface area (Å²) in [5.74, 6) is -0.520. The minimum Gasteiger partial charge on any atom is -0.335 e. The number of hydrogen-bond donors (Lipinski definition) is 1. The number of alkyl halides is 2. The summed E-state index contributed by atoms with van der Waals surface area (Å²) in [6.45, 7) is 3.65. The average molecular weight is 223 g/mol. The zero-order valence-corrected chi connectivity index (χ0v) is 9.11. The highest BCUT2D eigenvalue weighted by Crippen LogP contribution is 2.15. The Morgan fingerprint density at radius 3 is 2.23 bits per heavy atom. The molecule has 74 valence electrons. The van der Waals surface area contributed by atoms with Crippen LogP contribution in [0.2, 0.25) is 0 Å². The van der Waals surface area contributed by atoms with Crippen LogP contribution in [0.3, 0.4) is 0 Å². The number of halogens is 2. The van der Waals surface area contributed by atoms with Gasteiger partial charge in [0, 0.05) is 0 Å². The Morgan fingerprint density at radius 1 is 1.54 bits per heavy atom. The Balaban J connectivity index is 4.45. The quantitative estimate of drug-likeness (QED) is 0.741. The average Bonchev–Trinajstić information content (AvgIpc) is 2.14. The maximum Gasteiger partial charge on any atom is 0.254 e. The predicted octanol–water partition coefficient (Wildman–Crippen LogP) is 1.99.